The Balaban J connectivity index is 2.00. The summed E-state index contributed by atoms with van der Waals surface area (Å²) in [5.41, 5.74) is 2.92. The second-order valence-electron chi connectivity index (χ2n) is 8.88. The lowest BCUT2D eigenvalue weighted by Gasteiger charge is -2.30. The molecule has 26 heavy (non-hydrogen) atoms. The number of nitrogens with zero attached hydrogens (tertiary/aromatic N) is 1. The second kappa shape index (κ2) is 14.3. The van der Waals surface area contributed by atoms with Gasteiger partial charge in [-0.2, -0.15) is 0 Å². The fourth-order valence-corrected chi connectivity index (χ4v) is 3.83. The molecule has 1 heteroatoms. The van der Waals surface area contributed by atoms with Crippen molar-refractivity contribution in [1.29, 1.82) is 0 Å². The van der Waals surface area contributed by atoms with Gasteiger partial charge in [-0.05, 0) is 24.8 Å². The van der Waals surface area contributed by atoms with Crippen LogP contribution in [0.3, 0.4) is 0 Å². The Morgan fingerprint density at radius 1 is 0.577 bits per heavy atom. The second-order valence-corrected chi connectivity index (χ2v) is 8.88. The van der Waals surface area contributed by atoms with Crippen molar-refractivity contribution < 1.29 is 4.48 Å². The minimum absolute atomic E-state index is 1.11. The SMILES string of the molecule is CCCCCCCCCCCCCC[N+](C)(C)Cc1ccc(CC)cc1. The number of hydrogen-bond donors (Lipinski definition) is 0. The molecular formula is C25H46N+. The first kappa shape index (κ1) is 23.2. The van der Waals surface area contributed by atoms with Gasteiger partial charge in [0.05, 0.1) is 20.6 Å². The molecular weight excluding hydrogens is 314 g/mol. The van der Waals surface area contributed by atoms with E-state index in [-0.39, 0.29) is 0 Å². The summed E-state index contributed by atoms with van der Waals surface area (Å²) in [7, 11) is 4.76. The number of hydrogen-bond acceptors (Lipinski definition) is 0. The largest absolute Gasteiger partial charge is 0.325 e. The molecule has 1 aromatic carbocycles. The van der Waals surface area contributed by atoms with Crippen molar-refractivity contribution in [3.63, 3.8) is 0 Å². The van der Waals surface area contributed by atoms with Crippen LogP contribution in [0.15, 0.2) is 24.3 Å². The number of rotatable bonds is 16. The van der Waals surface area contributed by atoms with Gasteiger partial charge in [0.2, 0.25) is 0 Å². The van der Waals surface area contributed by atoms with Crippen LogP contribution in [0, 0.1) is 0 Å². The molecule has 0 aliphatic rings. The van der Waals surface area contributed by atoms with Crippen molar-refractivity contribution in [2.24, 2.45) is 0 Å². The number of benzene rings is 1. The zero-order valence-electron chi connectivity index (χ0n) is 18.4. The normalized spacial score (nSPS) is 11.8. The molecule has 150 valence electrons. The fourth-order valence-electron chi connectivity index (χ4n) is 3.83. The van der Waals surface area contributed by atoms with Crippen LogP contribution in [0.5, 0.6) is 0 Å². The Labute approximate surface area is 164 Å². The lowest BCUT2D eigenvalue weighted by molar-refractivity contribution is -0.903. The number of aryl methyl sites for hydroxylation is 1. The fraction of sp³-hybridized carbons (Fsp3) is 0.760. The van der Waals surface area contributed by atoms with Gasteiger partial charge in [0.25, 0.3) is 0 Å². The molecule has 0 saturated carbocycles. The number of quaternary nitrogens is 1. The van der Waals surface area contributed by atoms with E-state index in [1.54, 1.807) is 0 Å². The highest BCUT2D eigenvalue weighted by Crippen LogP contribution is 2.15. The summed E-state index contributed by atoms with van der Waals surface area (Å²) in [6.45, 7) is 6.97. The average Bonchev–Trinajstić information content (AvgIpc) is 2.63. The maximum atomic E-state index is 2.38. The molecule has 0 bridgehead atoms. The predicted molar refractivity (Wildman–Crippen MR) is 118 cm³/mol. The molecule has 0 amide bonds. The van der Waals surface area contributed by atoms with Crippen molar-refractivity contribution in [1.82, 2.24) is 0 Å². The molecule has 1 rings (SSSR count). The minimum atomic E-state index is 1.11. The van der Waals surface area contributed by atoms with Gasteiger partial charge in [0.1, 0.15) is 6.54 Å². The molecule has 0 aromatic heterocycles. The Kier molecular flexibility index (Phi) is 12.7. The van der Waals surface area contributed by atoms with E-state index < -0.39 is 0 Å². The van der Waals surface area contributed by atoms with Crippen LogP contribution in [0.25, 0.3) is 0 Å². The third-order valence-electron chi connectivity index (χ3n) is 5.66. The molecule has 0 aliphatic heterocycles. The smallest absolute Gasteiger partial charge is 0.104 e. The molecule has 0 N–H and O–H groups in total. The Bertz CT molecular complexity index is 432. The van der Waals surface area contributed by atoms with Crippen LogP contribution < -0.4 is 0 Å². The van der Waals surface area contributed by atoms with Crippen LogP contribution in [0.1, 0.15) is 102 Å². The van der Waals surface area contributed by atoms with Gasteiger partial charge in [-0.3, -0.25) is 0 Å². The van der Waals surface area contributed by atoms with E-state index in [2.05, 4.69) is 52.2 Å². The molecule has 0 fully saturated rings. The van der Waals surface area contributed by atoms with Gasteiger partial charge in [-0.1, -0.05) is 102 Å². The maximum Gasteiger partial charge on any atom is 0.104 e. The molecule has 0 saturated heterocycles. The Morgan fingerprint density at radius 2 is 1.00 bits per heavy atom. The zero-order chi connectivity index (χ0) is 19.1. The molecule has 1 aromatic rings. The zero-order valence-corrected chi connectivity index (χ0v) is 18.4. The summed E-state index contributed by atoms with van der Waals surface area (Å²) < 4.78 is 1.11. The molecule has 0 unspecified atom stereocenters. The quantitative estimate of drug-likeness (QED) is 0.211. The lowest BCUT2D eigenvalue weighted by Crippen LogP contribution is -2.39. The van der Waals surface area contributed by atoms with E-state index in [0.717, 1.165) is 17.4 Å². The first-order chi connectivity index (χ1) is 12.6. The molecule has 0 aliphatic carbocycles. The van der Waals surface area contributed by atoms with Crippen molar-refractivity contribution in [3.8, 4) is 0 Å². The van der Waals surface area contributed by atoms with Gasteiger partial charge in [-0.25, -0.2) is 0 Å². The van der Waals surface area contributed by atoms with Gasteiger partial charge in [0.15, 0.2) is 0 Å². The Hall–Kier alpha value is -0.820. The van der Waals surface area contributed by atoms with Crippen LogP contribution >= 0.6 is 0 Å². The first-order valence-corrected chi connectivity index (χ1v) is 11.5. The third kappa shape index (κ3) is 11.7. The van der Waals surface area contributed by atoms with Crippen molar-refractivity contribution in [2.75, 3.05) is 20.6 Å². The van der Waals surface area contributed by atoms with E-state index in [1.165, 1.54) is 94.7 Å². The predicted octanol–water partition coefficient (Wildman–Crippen LogP) is 7.53. The van der Waals surface area contributed by atoms with E-state index >= 15 is 0 Å². The molecule has 1 nitrogen and oxygen atoms in total. The average molecular weight is 361 g/mol. The highest BCUT2D eigenvalue weighted by molar-refractivity contribution is 5.21. The minimum Gasteiger partial charge on any atom is -0.325 e. The van der Waals surface area contributed by atoms with Crippen molar-refractivity contribution in [3.05, 3.63) is 35.4 Å². The highest BCUT2D eigenvalue weighted by atomic mass is 15.3. The van der Waals surface area contributed by atoms with Crippen LogP contribution in [0.4, 0.5) is 0 Å². The lowest BCUT2D eigenvalue weighted by atomic mass is 10.0. The Morgan fingerprint density at radius 3 is 1.46 bits per heavy atom. The first-order valence-electron chi connectivity index (χ1n) is 11.5. The van der Waals surface area contributed by atoms with Gasteiger partial charge in [-0.15, -0.1) is 0 Å². The summed E-state index contributed by atoms with van der Waals surface area (Å²) in [6, 6.07) is 9.22. The van der Waals surface area contributed by atoms with E-state index in [9.17, 15) is 0 Å². The monoisotopic (exact) mass is 360 g/mol. The van der Waals surface area contributed by atoms with Crippen LogP contribution in [-0.2, 0) is 13.0 Å². The molecule has 0 spiro atoms. The van der Waals surface area contributed by atoms with Crippen LogP contribution in [0.2, 0.25) is 0 Å². The number of unbranched alkanes of at least 4 members (excludes halogenated alkanes) is 11. The van der Waals surface area contributed by atoms with E-state index in [0.29, 0.717) is 0 Å². The van der Waals surface area contributed by atoms with Crippen LogP contribution in [-0.4, -0.2) is 25.1 Å². The third-order valence-corrected chi connectivity index (χ3v) is 5.66. The van der Waals surface area contributed by atoms with E-state index in [1.807, 2.05) is 0 Å². The molecule has 0 heterocycles. The topological polar surface area (TPSA) is 0 Å². The van der Waals surface area contributed by atoms with Gasteiger partial charge < -0.3 is 4.48 Å². The summed E-state index contributed by atoms with van der Waals surface area (Å²) in [5.74, 6) is 0. The summed E-state index contributed by atoms with van der Waals surface area (Å²) in [6.07, 6.45) is 18.3. The standard InChI is InChI=1S/C25H46N/c1-5-7-8-9-10-11-12-13-14-15-16-17-22-26(3,4)23-25-20-18-24(6-2)19-21-25/h18-21H,5-17,22-23H2,1-4H3/q+1. The van der Waals surface area contributed by atoms with Gasteiger partial charge in [0, 0.05) is 5.56 Å². The highest BCUT2D eigenvalue weighted by Gasteiger charge is 2.15. The summed E-state index contributed by atoms with van der Waals surface area (Å²) in [4.78, 5) is 0. The maximum absolute atomic E-state index is 2.38. The molecule has 0 radical (unpaired) electrons. The summed E-state index contributed by atoms with van der Waals surface area (Å²) >= 11 is 0. The summed E-state index contributed by atoms with van der Waals surface area (Å²) in [5, 5.41) is 0. The van der Waals surface area contributed by atoms with Gasteiger partial charge >= 0.3 is 0 Å². The molecule has 0 atom stereocenters. The van der Waals surface area contributed by atoms with E-state index in [4.69, 9.17) is 0 Å². The van der Waals surface area contributed by atoms with Crippen molar-refractivity contribution >= 4 is 0 Å². The van der Waals surface area contributed by atoms with Crippen molar-refractivity contribution in [2.45, 2.75) is 104 Å².